The lowest BCUT2D eigenvalue weighted by Gasteiger charge is -2.04. The number of aryl methyl sites for hydroxylation is 2. The summed E-state index contributed by atoms with van der Waals surface area (Å²) in [6.07, 6.45) is 4.89. The van der Waals surface area contributed by atoms with Crippen molar-refractivity contribution in [3.63, 3.8) is 0 Å². The number of fused-ring (bicyclic) bond motifs is 1. The minimum absolute atomic E-state index is 0.674. The lowest BCUT2D eigenvalue weighted by Crippen LogP contribution is -1.96. The standard InChI is InChI=1S/C10H13NOS/c1-13(11,12)10-6-5-8-3-2-4-9(8)7-10/h5-7,11H,2-4H2,1H3. The second-order valence-electron chi connectivity index (χ2n) is 3.63. The van der Waals surface area contributed by atoms with Crippen LogP contribution >= 0.6 is 0 Å². The number of rotatable bonds is 1. The van der Waals surface area contributed by atoms with Crippen molar-refractivity contribution < 1.29 is 4.21 Å². The first-order valence-corrected chi connectivity index (χ1v) is 6.39. The van der Waals surface area contributed by atoms with E-state index in [1.54, 1.807) is 0 Å². The normalized spacial score (nSPS) is 19.5. The summed E-state index contributed by atoms with van der Waals surface area (Å²) >= 11 is 0. The van der Waals surface area contributed by atoms with Gasteiger partial charge in [0, 0.05) is 11.2 Å². The summed E-state index contributed by atoms with van der Waals surface area (Å²) in [7, 11) is -2.52. The van der Waals surface area contributed by atoms with Crippen LogP contribution in [0.15, 0.2) is 23.1 Å². The Hall–Kier alpha value is -0.830. The summed E-state index contributed by atoms with van der Waals surface area (Å²) in [5, 5.41) is 0. The maximum absolute atomic E-state index is 11.5. The number of hydrogen-bond acceptors (Lipinski definition) is 2. The van der Waals surface area contributed by atoms with Gasteiger partial charge in [-0.05, 0) is 42.5 Å². The Labute approximate surface area is 79.0 Å². The van der Waals surface area contributed by atoms with Crippen LogP contribution in [0.2, 0.25) is 0 Å². The molecule has 0 heterocycles. The Balaban J connectivity index is 2.54. The molecule has 13 heavy (non-hydrogen) atoms. The average molecular weight is 195 g/mol. The molecule has 1 aliphatic rings. The SMILES string of the molecule is CS(=N)(=O)c1ccc2c(c1)CCC2. The largest absolute Gasteiger partial charge is 0.249 e. The van der Waals surface area contributed by atoms with Gasteiger partial charge >= 0.3 is 0 Å². The van der Waals surface area contributed by atoms with Gasteiger partial charge in [0.2, 0.25) is 0 Å². The monoisotopic (exact) mass is 195 g/mol. The highest BCUT2D eigenvalue weighted by atomic mass is 32.2. The van der Waals surface area contributed by atoms with Crippen LogP contribution in [0.4, 0.5) is 0 Å². The maximum Gasteiger partial charge on any atom is 0.0696 e. The molecule has 1 aromatic rings. The van der Waals surface area contributed by atoms with Crippen LogP contribution in [0.5, 0.6) is 0 Å². The lowest BCUT2D eigenvalue weighted by atomic mass is 10.1. The van der Waals surface area contributed by atoms with Crippen molar-refractivity contribution in [3.8, 4) is 0 Å². The molecule has 1 unspecified atom stereocenters. The molecule has 0 radical (unpaired) electrons. The lowest BCUT2D eigenvalue weighted by molar-refractivity contribution is 0.679. The third-order valence-corrected chi connectivity index (χ3v) is 3.67. The molecule has 1 N–H and O–H groups in total. The van der Waals surface area contributed by atoms with Gasteiger partial charge in [-0.15, -0.1) is 0 Å². The minimum Gasteiger partial charge on any atom is -0.249 e. The van der Waals surface area contributed by atoms with Crippen LogP contribution in [0.1, 0.15) is 17.5 Å². The summed E-state index contributed by atoms with van der Waals surface area (Å²) in [6, 6.07) is 5.80. The van der Waals surface area contributed by atoms with Crippen LogP contribution in [0, 0.1) is 4.78 Å². The zero-order chi connectivity index (χ0) is 9.47. The van der Waals surface area contributed by atoms with Crippen molar-refractivity contribution in [2.45, 2.75) is 24.2 Å². The van der Waals surface area contributed by atoms with Gasteiger partial charge in [-0.25, -0.2) is 8.99 Å². The first-order chi connectivity index (χ1) is 6.07. The summed E-state index contributed by atoms with van der Waals surface area (Å²) in [5.41, 5.74) is 2.66. The Morgan fingerprint density at radius 1 is 1.31 bits per heavy atom. The predicted octanol–water partition coefficient (Wildman–Crippen LogP) is 2.21. The van der Waals surface area contributed by atoms with E-state index >= 15 is 0 Å². The molecule has 1 atom stereocenters. The van der Waals surface area contributed by atoms with E-state index in [9.17, 15) is 4.21 Å². The summed E-state index contributed by atoms with van der Waals surface area (Å²) in [4.78, 5) is 0.674. The molecular weight excluding hydrogens is 182 g/mol. The zero-order valence-electron chi connectivity index (χ0n) is 7.67. The smallest absolute Gasteiger partial charge is 0.0696 e. The molecule has 70 valence electrons. The second kappa shape index (κ2) is 2.84. The molecule has 1 aliphatic carbocycles. The second-order valence-corrected chi connectivity index (χ2v) is 5.79. The Morgan fingerprint density at radius 3 is 2.69 bits per heavy atom. The summed E-state index contributed by atoms with van der Waals surface area (Å²) in [6.45, 7) is 0. The van der Waals surface area contributed by atoms with Crippen molar-refractivity contribution in [3.05, 3.63) is 29.3 Å². The Kier molecular flexibility index (Phi) is 1.91. The summed E-state index contributed by atoms with van der Waals surface area (Å²) in [5.74, 6) is 0. The van der Waals surface area contributed by atoms with Crippen molar-refractivity contribution in [2.24, 2.45) is 0 Å². The molecule has 0 saturated heterocycles. The number of benzene rings is 1. The quantitative estimate of drug-likeness (QED) is 0.733. The zero-order valence-corrected chi connectivity index (χ0v) is 8.49. The first kappa shape index (κ1) is 8.75. The van der Waals surface area contributed by atoms with Gasteiger partial charge in [0.25, 0.3) is 0 Å². The van der Waals surface area contributed by atoms with Gasteiger partial charge in [0.15, 0.2) is 0 Å². The molecule has 2 rings (SSSR count). The maximum atomic E-state index is 11.5. The predicted molar refractivity (Wildman–Crippen MR) is 53.5 cm³/mol. The molecule has 3 heteroatoms. The van der Waals surface area contributed by atoms with Gasteiger partial charge < -0.3 is 0 Å². The molecule has 0 fully saturated rings. The molecule has 0 aliphatic heterocycles. The van der Waals surface area contributed by atoms with E-state index in [1.807, 2.05) is 18.2 Å². The molecule has 0 aromatic heterocycles. The molecule has 1 aromatic carbocycles. The molecule has 0 spiro atoms. The van der Waals surface area contributed by atoms with Gasteiger partial charge in [-0.3, -0.25) is 0 Å². The van der Waals surface area contributed by atoms with Crippen LogP contribution in [0.3, 0.4) is 0 Å². The Morgan fingerprint density at radius 2 is 2.00 bits per heavy atom. The van der Waals surface area contributed by atoms with E-state index in [-0.39, 0.29) is 0 Å². The van der Waals surface area contributed by atoms with E-state index in [2.05, 4.69) is 0 Å². The third-order valence-electron chi connectivity index (χ3n) is 2.52. The van der Waals surface area contributed by atoms with E-state index in [1.165, 1.54) is 23.8 Å². The van der Waals surface area contributed by atoms with Crippen LogP contribution in [0.25, 0.3) is 0 Å². The fourth-order valence-corrected chi connectivity index (χ4v) is 2.49. The number of nitrogens with one attached hydrogen (secondary N) is 1. The molecule has 0 amide bonds. The van der Waals surface area contributed by atoms with Crippen molar-refractivity contribution in [1.29, 1.82) is 4.78 Å². The fourth-order valence-electron chi connectivity index (χ4n) is 1.79. The highest BCUT2D eigenvalue weighted by Crippen LogP contribution is 2.24. The van der Waals surface area contributed by atoms with Gasteiger partial charge in [0.1, 0.15) is 0 Å². The Bertz CT molecular complexity index is 434. The molecular formula is C10H13NOS. The van der Waals surface area contributed by atoms with Crippen molar-refractivity contribution in [2.75, 3.05) is 6.26 Å². The van der Waals surface area contributed by atoms with E-state index in [0.29, 0.717) is 4.90 Å². The van der Waals surface area contributed by atoms with Crippen LogP contribution < -0.4 is 0 Å². The number of hydrogen-bond donors (Lipinski definition) is 1. The molecule has 0 saturated carbocycles. The fraction of sp³-hybridized carbons (Fsp3) is 0.400. The van der Waals surface area contributed by atoms with E-state index < -0.39 is 9.73 Å². The van der Waals surface area contributed by atoms with Crippen LogP contribution in [-0.2, 0) is 22.6 Å². The highest BCUT2D eigenvalue weighted by molar-refractivity contribution is 7.91. The van der Waals surface area contributed by atoms with E-state index in [0.717, 1.165) is 12.8 Å². The van der Waals surface area contributed by atoms with Crippen molar-refractivity contribution >= 4 is 9.73 Å². The topological polar surface area (TPSA) is 40.9 Å². The molecule has 2 nitrogen and oxygen atoms in total. The summed E-state index contributed by atoms with van der Waals surface area (Å²) < 4.78 is 18.9. The molecule has 0 bridgehead atoms. The van der Waals surface area contributed by atoms with Crippen LogP contribution in [-0.4, -0.2) is 10.5 Å². The van der Waals surface area contributed by atoms with Gasteiger partial charge in [0.05, 0.1) is 9.73 Å². The van der Waals surface area contributed by atoms with Gasteiger partial charge in [-0.1, -0.05) is 6.07 Å². The van der Waals surface area contributed by atoms with E-state index in [4.69, 9.17) is 4.78 Å². The van der Waals surface area contributed by atoms with Crippen molar-refractivity contribution in [1.82, 2.24) is 0 Å². The first-order valence-electron chi connectivity index (χ1n) is 4.43. The highest BCUT2D eigenvalue weighted by Gasteiger charge is 2.12. The average Bonchev–Trinajstić information content (AvgIpc) is 2.47. The van der Waals surface area contributed by atoms with Gasteiger partial charge in [-0.2, -0.15) is 0 Å². The third kappa shape index (κ3) is 1.61. The minimum atomic E-state index is -2.52.